The first-order valence-electron chi connectivity index (χ1n) is 7.02. The Kier molecular flexibility index (Phi) is 5.01. The van der Waals surface area contributed by atoms with E-state index in [0.29, 0.717) is 13.0 Å². The van der Waals surface area contributed by atoms with Gasteiger partial charge in [-0.25, -0.2) is 4.98 Å². The maximum atomic E-state index is 11.9. The number of aromatic nitrogens is 1. The molecule has 2 rings (SSSR count). The third-order valence-corrected chi connectivity index (χ3v) is 3.21. The second-order valence-corrected chi connectivity index (χ2v) is 4.70. The molecule has 0 saturated carbocycles. The molecule has 19 heavy (non-hydrogen) atoms. The molecule has 1 aliphatic heterocycles. The second kappa shape index (κ2) is 6.97. The molecule has 1 amide bonds. The van der Waals surface area contributed by atoms with Crippen LogP contribution in [0.5, 0.6) is 0 Å². The van der Waals surface area contributed by atoms with Gasteiger partial charge >= 0.3 is 0 Å². The van der Waals surface area contributed by atoms with Crippen LogP contribution in [-0.2, 0) is 4.79 Å². The highest BCUT2D eigenvalue weighted by Gasteiger charge is 2.16. The van der Waals surface area contributed by atoms with Crippen molar-refractivity contribution < 1.29 is 4.79 Å². The van der Waals surface area contributed by atoms with E-state index < -0.39 is 0 Å². The summed E-state index contributed by atoms with van der Waals surface area (Å²) in [5.41, 5.74) is 0. The molecule has 104 valence electrons. The maximum absolute atomic E-state index is 11.9. The number of pyridine rings is 1. The third-order valence-electron chi connectivity index (χ3n) is 3.21. The summed E-state index contributed by atoms with van der Waals surface area (Å²) >= 11 is 0. The predicted molar refractivity (Wildman–Crippen MR) is 77.3 cm³/mol. The van der Waals surface area contributed by atoms with Crippen molar-refractivity contribution in [3.8, 4) is 0 Å². The number of nitrogens with zero attached hydrogens (tertiary/aromatic N) is 2. The summed E-state index contributed by atoms with van der Waals surface area (Å²) in [4.78, 5) is 18.2. The molecule has 0 atom stereocenters. The molecule has 1 saturated heterocycles. The molecule has 1 aromatic rings. The van der Waals surface area contributed by atoms with E-state index in [9.17, 15) is 4.79 Å². The SMILES string of the molecule is CCNc1cccc(NCCC(=O)N2CCCC2)n1. The zero-order valence-electron chi connectivity index (χ0n) is 11.5. The molecule has 0 aliphatic carbocycles. The minimum absolute atomic E-state index is 0.243. The topological polar surface area (TPSA) is 57.3 Å². The molecule has 1 aliphatic rings. The fraction of sp³-hybridized carbons (Fsp3) is 0.571. The van der Waals surface area contributed by atoms with Crippen molar-refractivity contribution in [1.82, 2.24) is 9.88 Å². The van der Waals surface area contributed by atoms with Gasteiger partial charge in [0.1, 0.15) is 11.6 Å². The van der Waals surface area contributed by atoms with Crippen LogP contribution in [0.3, 0.4) is 0 Å². The summed E-state index contributed by atoms with van der Waals surface area (Å²) < 4.78 is 0. The van der Waals surface area contributed by atoms with Crippen molar-refractivity contribution in [2.45, 2.75) is 26.2 Å². The molecule has 0 bridgehead atoms. The van der Waals surface area contributed by atoms with E-state index in [-0.39, 0.29) is 5.91 Å². The fourth-order valence-electron chi connectivity index (χ4n) is 2.23. The summed E-state index contributed by atoms with van der Waals surface area (Å²) in [6, 6.07) is 5.81. The number of anilines is 2. The van der Waals surface area contributed by atoms with E-state index in [2.05, 4.69) is 15.6 Å². The summed E-state index contributed by atoms with van der Waals surface area (Å²) in [5.74, 6) is 1.92. The van der Waals surface area contributed by atoms with Gasteiger partial charge in [-0.1, -0.05) is 6.07 Å². The molecule has 0 radical (unpaired) electrons. The lowest BCUT2D eigenvalue weighted by Gasteiger charge is -2.15. The number of hydrogen-bond acceptors (Lipinski definition) is 4. The van der Waals surface area contributed by atoms with E-state index in [1.165, 1.54) is 0 Å². The summed E-state index contributed by atoms with van der Waals surface area (Å²) in [6.07, 6.45) is 2.82. The van der Waals surface area contributed by atoms with E-state index >= 15 is 0 Å². The van der Waals surface area contributed by atoms with Gasteiger partial charge in [0.15, 0.2) is 0 Å². The highest BCUT2D eigenvalue weighted by Crippen LogP contribution is 2.11. The zero-order valence-corrected chi connectivity index (χ0v) is 11.5. The van der Waals surface area contributed by atoms with Crippen LogP contribution >= 0.6 is 0 Å². The van der Waals surface area contributed by atoms with E-state index in [1.54, 1.807) is 0 Å². The fourth-order valence-corrected chi connectivity index (χ4v) is 2.23. The second-order valence-electron chi connectivity index (χ2n) is 4.70. The smallest absolute Gasteiger partial charge is 0.224 e. The van der Waals surface area contributed by atoms with Gasteiger partial charge in [0.25, 0.3) is 0 Å². The van der Waals surface area contributed by atoms with Crippen molar-refractivity contribution in [1.29, 1.82) is 0 Å². The van der Waals surface area contributed by atoms with Crippen molar-refractivity contribution >= 4 is 17.5 Å². The number of hydrogen-bond donors (Lipinski definition) is 2. The Bertz CT molecular complexity index is 416. The molecule has 2 heterocycles. The minimum atomic E-state index is 0.243. The lowest BCUT2D eigenvalue weighted by atomic mass is 10.3. The first-order chi connectivity index (χ1) is 9.29. The Morgan fingerprint density at radius 3 is 2.63 bits per heavy atom. The molecular formula is C14H22N4O. The first-order valence-corrected chi connectivity index (χ1v) is 7.02. The van der Waals surface area contributed by atoms with Crippen molar-refractivity contribution in [3.05, 3.63) is 18.2 Å². The lowest BCUT2D eigenvalue weighted by molar-refractivity contribution is -0.129. The summed E-state index contributed by atoms with van der Waals surface area (Å²) in [7, 11) is 0. The number of carbonyl (C=O) groups is 1. The average Bonchev–Trinajstić information content (AvgIpc) is 2.93. The highest BCUT2D eigenvalue weighted by molar-refractivity contribution is 5.76. The Balaban J connectivity index is 1.75. The van der Waals surface area contributed by atoms with E-state index in [0.717, 1.165) is 44.1 Å². The molecule has 0 aromatic carbocycles. The van der Waals surface area contributed by atoms with E-state index in [4.69, 9.17) is 0 Å². The van der Waals surface area contributed by atoms with Gasteiger partial charge in [0.2, 0.25) is 5.91 Å². The maximum Gasteiger partial charge on any atom is 0.224 e. The van der Waals surface area contributed by atoms with Crippen LogP contribution in [-0.4, -0.2) is 42.0 Å². The van der Waals surface area contributed by atoms with E-state index in [1.807, 2.05) is 30.0 Å². The van der Waals surface area contributed by atoms with Crippen molar-refractivity contribution in [3.63, 3.8) is 0 Å². The van der Waals surface area contributed by atoms with Crippen molar-refractivity contribution in [2.75, 3.05) is 36.8 Å². The molecule has 5 nitrogen and oxygen atoms in total. The Labute approximate surface area is 114 Å². The quantitative estimate of drug-likeness (QED) is 0.822. The average molecular weight is 262 g/mol. The minimum Gasteiger partial charge on any atom is -0.370 e. The van der Waals surface area contributed by atoms with Crippen molar-refractivity contribution in [2.24, 2.45) is 0 Å². The van der Waals surface area contributed by atoms with Crippen LogP contribution in [0, 0.1) is 0 Å². The molecule has 1 fully saturated rings. The van der Waals surface area contributed by atoms with Crippen LogP contribution in [0.2, 0.25) is 0 Å². The third kappa shape index (κ3) is 4.12. The predicted octanol–water partition coefficient (Wildman–Crippen LogP) is 1.94. The van der Waals surface area contributed by atoms with Gasteiger partial charge in [0, 0.05) is 32.6 Å². The normalized spacial score (nSPS) is 14.5. The van der Waals surface area contributed by atoms with Crippen LogP contribution in [0.15, 0.2) is 18.2 Å². The van der Waals surface area contributed by atoms with Crippen LogP contribution < -0.4 is 10.6 Å². The molecule has 0 unspecified atom stereocenters. The Morgan fingerprint density at radius 1 is 1.26 bits per heavy atom. The van der Waals surface area contributed by atoms with Crippen LogP contribution in [0.4, 0.5) is 11.6 Å². The summed E-state index contributed by atoms with van der Waals surface area (Å²) in [5, 5.41) is 6.36. The number of likely N-dealkylation sites (tertiary alicyclic amines) is 1. The summed E-state index contributed by atoms with van der Waals surface area (Å²) in [6.45, 7) is 5.37. The van der Waals surface area contributed by atoms with Gasteiger partial charge in [0.05, 0.1) is 0 Å². The lowest BCUT2D eigenvalue weighted by Crippen LogP contribution is -2.29. The van der Waals surface area contributed by atoms with Gasteiger partial charge in [-0.15, -0.1) is 0 Å². The van der Waals surface area contributed by atoms with Crippen LogP contribution in [0.1, 0.15) is 26.2 Å². The number of rotatable bonds is 6. The monoisotopic (exact) mass is 262 g/mol. The van der Waals surface area contributed by atoms with Gasteiger partial charge in [-0.05, 0) is 31.9 Å². The molecule has 2 N–H and O–H groups in total. The molecule has 0 spiro atoms. The molecule has 1 aromatic heterocycles. The molecular weight excluding hydrogens is 240 g/mol. The molecule has 5 heteroatoms. The van der Waals surface area contributed by atoms with Gasteiger partial charge in [-0.2, -0.15) is 0 Å². The van der Waals surface area contributed by atoms with Gasteiger partial charge in [-0.3, -0.25) is 4.79 Å². The van der Waals surface area contributed by atoms with Crippen LogP contribution in [0.25, 0.3) is 0 Å². The number of nitrogens with one attached hydrogen (secondary N) is 2. The Morgan fingerprint density at radius 2 is 1.95 bits per heavy atom. The largest absolute Gasteiger partial charge is 0.370 e. The zero-order chi connectivity index (χ0) is 13.5. The van der Waals surface area contributed by atoms with Gasteiger partial charge < -0.3 is 15.5 Å². The standard InChI is InChI=1S/C14H22N4O/c1-2-15-12-6-5-7-13(17-12)16-9-8-14(19)18-10-3-4-11-18/h5-7H,2-4,8-11H2,1H3,(H2,15,16,17). The number of amides is 1. The highest BCUT2D eigenvalue weighted by atomic mass is 16.2. The first kappa shape index (κ1) is 13.6. The Hall–Kier alpha value is -1.78. The number of carbonyl (C=O) groups excluding carboxylic acids is 1.